The summed E-state index contributed by atoms with van der Waals surface area (Å²) in [4.78, 5) is 35.7. The number of benzene rings is 2. The van der Waals surface area contributed by atoms with Gasteiger partial charge in [-0.05, 0) is 79.9 Å². The van der Waals surface area contributed by atoms with Gasteiger partial charge in [0.05, 0.1) is 11.3 Å². The molecule has 3 N–H and O–H groups in total. The Hall–Kier alpha value is -5.25. The quantitative estimate of drug-likeness (QED) is 0.251. The summed E-state index contributed by atoms with van der Waals surface area (Å²) in [5, 5.41) is 19.7. The molecule has 2 aromatic carbocycles. The largest absolute Gasteiger partial charge is 0.478 e. The first-order valence-electron chi connectivity index (χ1n) is 13.0. The Bertz CT molecular complexity index is 1710. The van der Waals surface area contributed by atoms with E-state index >= 15 is 0 Å². The fraction of sp³-hybridized carbons (Fsp3) is 0.167. The van der Waals surface area contributed by atoms with Crippen molar-refractivity contribution >= 4 is 40.5 Å². The van der Waals surface area contributed by atoms with Crippen LogP contribution in [0.4, 0.5) is 23.0 Å². The van der Waals surface area contributed by atoms with E-state index in [1.807, 2.05) is 42.6 Å². The minimum absolute atomic E-state index is 0.153. The first kappa shape index (κ1) is 25.1. The smallest absolute Gasteiger partial charge is 0.335 e. The van der Waals surface area contributed by atoms with Crippen LogP contribution < -0.4 is 15.5 Å². The molecule has 10 nitrogen and oxygen atoms in total. The molecular formula is C30H27N7O3. The second kappa shape index (κ2) is 10.5. The molecule has 1 aliphatic heterocycles. The number of aromatic nitrogens is 4. The van der Waals surface area contributed by atoms with Gasteiger partial charge in [0.25, 0.3) is 5.91 Å². The van der Waals surface area contributed by atoms with Crippen molar-refractivity contribution in [3.8, 4) is 11.1 Å². The van der Waals surface area contributed by atoms with Crippen molar-refractivity contribution in [2.24, 2.45) is 0 Å². The second-order valence-corrected chi connectivity index (χ2v) is 9.78. The molecule has 0 spiro atoms. The number of hydrogen-bond donors (Lipinski definition) is 3. The molecule has 0 aliphatic carbocycles. The van der Waals surface area contributed by atoms with Crippen LogP contribution in [0, 0.1) is 0 Å². The van der Waals surface area contributed by atoms with Crippen LogP contribution in [0.15, 0.2) is 85.3 Å². The zero-order valence-electron chi connectivity index (χ0n) is 21.8. The molecule has 200 valence electrons. The van der Waals surface area contributed by atoms with Gasteiger partial charge in [0, 0.05) is 35.6 Å². The van der Waals surface area contributed by atoms with Crippen molar-refractivity contribution < 1.29 is 14.7 Å². The van der Waals surface area contributed by atoms with Crippen molar-refractivity contribution in [2.75, 3.05) is 22.1 Å². The predicted molar refractivity (Wildman–Crippen MR) is 153 cm³/mol. The summed E-state index contributed by atoms with van der Waals surface area (Å²) in [6.07, 6.45) is 5.69. The van der Waals surface area contributed by atoms with E-state index in [4.69, 9.17) is 10.1 Å². The standard InChI is InChI=1S/C30H27N7O3/c1-19-5-4-14-36(19)27-9-3-8-26(35-27)34-25-16-23(17-37-28(25)31-18-32-37)21-6-2-7-22(15-21)29(38)33-24-12-10-20(11-13-24)30(39)40/h2-3,6-13,15-19H,4-5,14H2,1H3,(H,33,38)(H,34,35)(H,39,40). The summed E-state index contributed by atoms with van der Waals surface area (Å²) in [7, 11) is 0. The lowest BCUT2D eigenvalue weighted by Crippen LogP contribution is -2.27. The van der Waals surface area contributed by atoms with Crippen LogP contribution in [0.3, 0.4) is 0 Å². The van der Waals surface area contributed by atoms with Gasteiger partial charge in [-0.15, -0.1) is 0 Å². The molecule has 10 heteroatoms. The van der Waals surface area contributed by atoms with Crippen molar-refractivity contribution in [2.45, 2.75) is 25.8 Å². The topological polar surface area (TPSA) is 125 Å². The molecule has 1 fully saturated rings. The van der Waals surface area contributed by atoms with Gasteiger partial charge in [0.2, 0.25) is 0 Å². The van der Waals surface area contributed by atoms with Crippen LogP contribution >= 0.6 is 0 Å². The van der Waals surface area contributed by atoms with Crippen LogP contribution in [0.5, 0.6) is 0 Å². The number of carbonyl (C=O) groups is 2. The zero-order chi connectivity index (χ0) is 27.6. The summed E-state index contributed by atoms with van der Waals surface area (Å²) in [5.74, 6) is 0.330. The number of carboxylic acids is 1. The van der Waals surface area contributed by atoms with Crippen LogP contribution in [0.2, 0.25) is 0 Å². The Balaban J connectivity index is 1.27. The van der Waals surface area contributed by atoms with Gasteiger partial charge in [-0.3, -0.25) is 4.79 Å². The van der Waals surface area contributed by atoms with Gasteiger partial charge in [-0.25, -0.2) is 19.3 Å². The summed E-state index contributed by atoms with van der Waals surface area (Å²) in [6.45, 7) is 3.22. The van der Waals surface area contributed by atoms with Gasteiger partial charge in [0.1, 0.15) is 18.0 Å². The van der Waals surface area contributed by atoms with E-state index in [1.54, 1.807) is 28.8 Å². The van der Waals surface area contributed by atoms with E-state index in [2.05, 4.69) is 32.5 Å². The zero-order valence-corrected chi connectivity index (χ0v) is 21.8. The maximum atomic E-state index is 13.0. The number of hydrogen-bond acceptors (Lipinski definition) is 7. The maximum Gasteiger partial charge on any atom is 0.335 e. The Kier molecular flexibility index (Phi) is 6.57. The Morgan fingerprint density at radius 3 is 2.58 bits per heavy atom. The van der Waals surface area contributed by atoms with E-state index in [9.17, 15) is 9.59 Å². The highest BCUT2D eigenvalue weighted by Gasteiger charge is 2.21. The third kappa shape index (κ3) is 5.06. The molecule has 1 saturated heterocycles. The molecule has 0 saturated carbocycles. The molecule has 1 aliphatic rings. The third-order valence-electron chi connectivity index (χ3n) is 7.07. The van der Waals surface area contributed by atoms with Crippen molar-refractivity contribution in [3.63, 3.8) is 0 Å². The van der Waals surface area contributed by atoms with Crippen molar-refractivity contribution in [3.05, 3.63) is 96.4 Å². The van der Waals surface area contributed by atoms with E-state index in [0.717, 1.165) is 42.0 Å². The Morgan fingerprint density at radius 2 is 1.80 bits per heavy atom. The van der Waals surface area contributed by atoms with Crippen LogP contribution in [-0.2, 0) is 0 Å². The molecular weight excluding hydrogens is 506 g/mol. The van der Waals surface area contributed by atoms with Crippen molar-refractivity contribution in [1.82, 2.24) is 19.6 Å². The molecule has 6 rings (SSSR count). The number of carbonyl (C=O) groups excluding carboxylic acids is 1. The lowest BCUT2D eigenvalue weighted by atomic mass is 10.0. The van der Waals surface area contributed by atoms with Gasteiger partial charge in [-0.2, -0.15) is 5.10 Å². The lowest BCUT2D eigenvalue weighted by molar-refractivity contribution is 0.0696. The van der Waals surface area contributed by atoms with E-state index < -0.39 is 5.97 Å². The SMILES string of the molecule is CC1CCCN1c1cccc(Nc2cc(-c3cccc(C(=O)Nc4ccc(C(=O)O)cc4)c3)cn3ncnc23)n1. The number of nitrogens with zero attached hydrogens (tertiary/aromatic N) is 5. The Morgan fingerprint density at radius 1 is 0.975 bits per heavy atom. The lowest BCUT2D eigenvalue weighted by Gasteiger charge is -2.23. The highest BCUT2D eigenvalue weighted by molar-refractivity contribution is 6.05. The number of rotatable bonds is 7. The monoisotopic (exact) mass is 533 g/mol. The molecule has 5 aromatic rings. The number of carboxylic acid groups (broad SMARTS) is 1. The highest BCUT2D eigenvalue weighted by Crippen LogP contribution is 2.30. The van der Waals surface area contributed by atoms with Crippen molar-refractivity contribution in [1.29, 1.82) is 0 Å². The maximum absolute atomic E-state index is 13.0. The van der Waals surface area contributed by atoms with E-state index in [-0.39, 0.29) is 11.5 Å². The second-order valence-electron chi connectivity index (χ2n) is 9.78. The predicted octanol–water partition coefficient (Wildman–Crippen LogP) is 5.47. The number of fused-ring (bicyclic) bond motifs is 1. The molecule has 1 unspecified atom stereocenters. The highest BCUT2D eigenvalue weighted by atomic mass is 16.4. The molecule has 1 amide bonds. The van der Waals surface area contributed by atoms with E-state index in [1.165, 1.54) is 18.5 Å². The average Bonchev–Trinajstić information content (AvgIpc) is 3.62. The first-order chi connectivity index (χ1) is 19.4. The third-order valence-corrected chi connectivity index (χ3v) is 7.07. The summed E-state index contributed by atoms with van der Waals surface area (Å²) < 4.78 is 1.70. The Labute approximate surface area is 230 Å². The van der Waals surface area contributed by atoms with Gasteiger partial charge < -0.3 is 20.6 Å². The molecule has 4 heterocycles. The van der Waals surface area contributed by atoms with Gasteiger partial charge in [0.15, 0.2) is 5.65 Å². The minimum Gasteiger partial charge on any atom is -0.478 e. The minimum atomic E-state index is -1.02. The van der Waals surface area contributed by atoms with Gasteiger partial charge >= 0.3 is 5.97 Å². The van der Waals surface area contributed by atoms with Crippen LogP contribution in [0.25, 0.3) is 16.8 Å². The molecule has 0 radical (unpaired) electrons. The number of aromatic carboxylic acids is 1. The fourth-order valence-electron chi connectivity index (χ4n) is 4.98. The summed E-state index contributed by atoms with van der Waals surface area (Å²) in [6, 6.07) is 21.7. The number of anilines is 4. The van der Waals surface area contributed by atoms with E-state index in [0.29, 0.717) is 28.8 Å². The first-order valence-corrected chi connectivity index (χ1v) is 13.0. The summed E-state index contributed by atoms with van der Waals surface area (Å²) >= 11 is 0. The molecule has 40 heavy (non-hydrogen) atoms. The average molecular weight is 534 g/mol. The molecule has 1 atom stereocenters. The number of pyridine rings is 2. The fourth-order valence-corrected chi connectivity index (χ4v) is 4.98. The van der Waals surface area contributed by atoms with Crippen LogP contribution in [-0.4, -0.2) is 49.2 Å². The van der Waals surface area contributed by atoms with Gasteiger partial charge in [-0.1, -0.05) is 18.2 Å². The number of nitrogens with one attached hydrogen (secondary N) is 2. The normalized spacial score (nSPS) is 14.8. The number of amides is 1. The summed E-state index contributed by atoms with van der Waals surface area (Å²) in [5.41, 5.74) is 4.18. The molecule has 0 bridgehead atoms. The van der Waals surface area contributed by atoms with Crippen LogP contribution in [0.1, 0.15) is 40.5 Å². The molecule has 3 aromatic heterocycles.